The Labute approximate surface area is 273 Å². The highest BCUT2D eigenvalue weighted by Crippen LogP contribution is 2.35. The van der Waals surface area contributed by atoms with Crippen LogP contribution in [0.15, 0.2) is 60.8 Å². The van der Waals surface area contributed by atoms with Gasteiger partial charge in [-0.15, -0.1) is 0 Å². The fraction of sp³-hybridized carbons (Fsp3) is 0.667. The van der Waals surface area contributed by atoms with Crippen LogP contribution in [0, 0.1) is 0 Å². The van der Waals surface area contributed by atoms with Crippen LogP contribution in [-0.2, 0) is 28.2 Å². The van der Waals surface area contributed by atoms with E-state index in [9.17, 15) is 14.2 Å². The quantitative estimate of drug-likeness (QED) is 0.0341. The van der Waals surface area contributed by atoms with Crippen LogP contribution in [0.2, 0.25) is 0 Å². The molecule has 0 amide bonds. The summed E-state index contributed by atoms with van der Waals surface area (Å²) in [7, 11) is -4.76. The number of rotatable bonds is 30. The molecule has 0 saturated heterocycles. The van der Waals surface area contributed by atoms with E-state index in [1.807, 2.05) is 0 Å². The molecule has 0 bridgehead atoms. The topological polar surface area (TPSA) is 119 Å². The summed E-state index contributed by atoms with van der Waals surface area (Å²) in [6.07, 6.45) is 38.0. The second-order valence-corrected chi connectivity index (χ2v) is 12.3. The van der Waals surface area contributed by atoms with E-state index < -0.39 is 32.5 Å². The Morgan fingerprint density at radius 3 is 1.62 bits per heavy atom. The van der Waals surface area contributed by atoms with Crippen molar-refractivity contribution in [2.75, 3.05) is 13.2 Å². The highest BCUT2D eigenvalue weighted by atomic mass is 31.2. The molecule has 0 heterocycles. The zero-order valence-electron chi connectivity index (χ0n) is 28.0. The van der Waals surface area contributed by atoms with Crippen LogP contribution >= 0.6 is 7.82 Å². The summed E-state index contributed by atoms with van der Waals surface area (Å²) in [5.41, 5.74) is 0. The summed E-state index contributed by atoms with van der Waals surface area (Å²) in [4.78, 5) is 42.5. The Bertz CT molecular complexity index is 916. The first-order chi connectivity index (χ1) is 21.8. The van der Waals surface area contributed by atoms with Gasteiger partial charge in [-0.05, 0) is 70.6 Å². The minimum Gasteiger partial charge on any atom is -0.462 e. The molecule has 45 heavy (non-hydrogen) atoms. The van der Waals surface area contributed by atoms with Crippen molar-refractivity contribution in [2.45, 2.75) is 142 Å². The molecular weight excluding hydrogens is 591 g/mol. The molecule has 2 N–H and O–H groups in total. The SMILES string of the molecule is CC/C=C\C/C=C\C/C=C\CCCCCC(=O)OC(COC(=O)CCCCCCC/C=C\C/C=C\CCCC)COP(=O)(O)O. The monoisotopic (exact) mass is 652 g/mol. The predicted molar refractivity (Wildman–Crippen MR) is 184 cm³/mol. The summed E-state index contributed by atoms with van der Waals surface area (Å²) < 4.78 is 26.2. The molecule has 0 radical (unpaired) electrons. The Hall–Kier alpha value is -2.25. The molecular formula is C36H61O8P. The number of carbonyl (C=O) groups is 2. The van der Waals surface area contributed by atoms with Crippen molar-refractivity contribution < 1.29 is 37.9 Å². The van der Waals surface area contributed by atoms with Gasteiger partial charge in [-0.25, -0.2) is 4.57 Å². The number of carbonyl (C=O) groups excluding carboxylic acids is 2. The van der Waals surface area contributed by atoms with Crippen molar-refractivity contribution in [2.24, 2.45) is 0 Å². The maximum atomic E-state index is 12.3. The molecule has 0 aromatic carbocycles. The van der Waals surface area contributed by atoms with Crippen molar-refractivity contribution in [1.82, 2.24) is 0 Å². The normalized spacial score (nSPS) is 13.2. The van der Waals surface area contributed by atoms with Gasteiger partial charge in [0.05, 0.1) is 6.61 Å². The average Bonchev–Trinajstić information content (AvgIpc) is 3.00. The van der Waals surface area contributed by atoms with Gasteiger partial charge in [-0.1, -0.05) is 113 Å². The lowest BCUT2D eigenvalue weighted by molar-refractivity contribution is -0.161. The molecule has 8 nitrogen and oxygen atoms in total. The lowest BCUT2D eigenvalue weighted by atomic mass is 10.1. The second-order valence-electron chi connectivity index (χ2n) is 11.1. The largest absolute Gasteiger partial charge is 0.469 e. The summed E-state index contributed by atoms with van der Waals surface area (Å²) >= 11 is 0. The van der Waals surface area contributed by atoms with Gasteiger partial charge >= 0.3 is 19.8 Å². The third-order valence-corrected chi connectivity index (χ3v) is 7.26. The van der Waals surface area contributed by atoms with Crippen LogP contribution in [0.1, 0.15) is 136 Å². The summed E-state index contributed by atoms with van der Waals surface area (Å²) in [5, 5.41) is 0. The Morgan fingerprint density at radius 2 is 1.07 bits per heavy atom. The first-order valence-corrected chi connectivity index (χ1v) is 18.6. The molecule has 0 spiro atoms. The average molecular weight is 653 g/mol. The fourth-order valence-electron chi connectivity index (χ4n) is 4.22. The van der Waals surface area contributed by atoms with Crippen molar-refractivity contribution in [1.29, 1.82) is 0 Å². The summed E-state index contributed by atoms with van der Waals surface area (Å²) in [6.45, 7) is 3.46. The number of ether oxygens (including phenoxy) is 2. The van der Waals surface area contributed by atoms with E-state index in [-0.39, 0.29) is 19.4 Å². The van der Waals surface area contributed by atoms with Crippen LogP contribution in [0.4, 0.5) is 0 Å². The van der Waals surface area contributed by atoms with E-state index in [1.165, 1.54) is 12.8 Å². The van der Waals surface area contributed by atoms with Crippen molar-refractivity contribution >= 4 is 19.8 Å². The molecule has 0 saturated carbocycles. The van der Waals surface area contributed by atoms with E-state index in [1.54, 1.807) is 0 Å². The molecule has 0 aliphatic rings. The van der Waals surface area contributed by atoms with E-state index in [0.717, 1.165) is 83.5 Å². The molecule has 1 atom stereocenters. The van der Waals surface area contributed by atoms with Gasteiger partial charge in [-0.2, -0.15) is 0 Å². The molecule has 0 aliphatic carbocycles. The van der Waals surface area contributed by atoms with Gasteiger partial charge in [0.15, 0.2) is 6.10 Å². The molecule has 0 aromatic heterocycles. The number of allylic oxidation sites excluding steroid dienone is 10. The first-order valence-electron chi connectivity index (χ1n) is 17.1. The third-order valence-electron chi connectivity index (χ3n) is 6.77. The fourth-order valence-corrected chi connectivity index (χ4v) is 4.59. The Balaban J connectivity index is 4.10. The zero-order chi connectivity index (χ0) is 33.3. The van der Waals surface area contributed by atoms with E-state index in [2.05, 4.69) is 79.1 Å². The van der Waals surface area contributed by atoms with Crippen LogP contribution in [0.25, 0.3) is 0 Å². The molecule has 0 aromatic rings. The highest BCUT2D eigenvalue weighted by Gasteiger charge is 2.22. The van der Waals surface area contributed by atoms with Crippen molar-refractivity contribution in [3.8, 4) is 0 Å². The second kappa shape index (κ2) is 31.7. The van der Waals surface area contributed by atoms with Gasteiger partial charge in [-0.3, -0.25) is 14.1 Å². The van der Waals surface area contributed by atoms with Gasteiger partial charge in [0.1, 0.15) is 6.61 Å². The van der Waals surface area contributed by atoms with Gasteiger partial charge in [0.25, 0.3) is 0 Å². The number of esters is 2. The molecule has 0 aliphatic heterocycles. The maximum absolute atomic E-state index is 12.3. The number of unbranched alkanes of at least 4 members (excludes halogenated alkanes) is 10. The molecule has 9 heteroatoms. The smallest absolute Gasteiger partial charge is 0.462 e. The molecule has 258 valence electrons. The number of phosphoric acid groups is 1. The number of hydrogen-bond acceptors (Lipinski definition) is 6. The Kier molecular flexibility index (Phi) is 30.1. The number of phosphoric ester groups is 1. The first kappa shape index (κ1) is 42.8. The maximum Gasteiger partial charge on any atom is 0.469 e. The summed E-state index contributed by atoms with van der Waals surface area (Å²) in [6, 6.07) is 0. The highest BCUT2D eigenvalue weighted by molar-refractivity contribution is 7.46. The van der Waals surface area contributed by atoms with Crippen LogP contribution in [0.3, 0.4) is 0 Å². The molecule has 1 unspecified atom stereocenters. The molecule has 0 rings (SSSR count). The molecule has 0 fully saturated rings. The van der Waals surface area contributed by atoms with Crippen molar-refractivity contribution in [3.63, 3.8) is 0 Å². The lowest BCUT2D eigenvalue weighted by Crippen LogP contribution is -2.29. The number of hydrogen-bond donors (Lipinski definition) is 2. The standard InChI is InChI=1S/C36H61O8P/c1-3-5-7-9-11-13-15-17-19-20-22-24-26-28-30-35(37)42-32-34(33-43-45(39,40)41)44-36(38)31-29-27-25-23-21-18-16-14-12-10-8-6-4-2/h6,8-9,11-12,14-15,17-18,21,34H,3-5,7,10,13,16,19-20,22-33H2,1-2H3,(H2,39,40,41)/b8-6-,11-9-,14-12-,17-15-,21-18-. The van der Waals surface area contributed by atoms with E-state index in [0.29, 0.717) is 12.8 Å². The zero-order valence-corrected chi connectivity index (χ0v) is 28.9. The van der Waals surface area contributed by atoms with Crippen molar-refractivity contribution in [3.05, 3.63) is 60.8 Å². The van der Waals surface area contributed by atoms with Crippen LogP contribution < -0.4 is 0 Å². The third kappa shape index (κ3) is 34.5. The lowest BCUT2D eigenvalue weighted by Gasteiger charge is -2.18. The van der Waals surface area contributed by atoms with E-state index >= 15 is 0 Å². The minimum absolute atomic E-state index is 0.171. The predicted octanol–water partition coefficient (Wildman–Crippen LogP) is 9.78. The Morgan fingerprint density at radius 1 is 0.600 bits per heavy atom. The van der Waals surface area contributed by atoms with Gasteiger partial charge in [0, 0.05) is 12.8 Å². The van der Waals surface area contributed by atoms with Crippen LogP contribution in [0.5, 0.6) is 0 Å². The van der Waals surface area contributed by atoms with Crippen LogP contribution in [-0.4, -0.2) is 41.0 Å². The summed E-state index contributed by atoms with van der Waals surface area (Å²) in [5.74, 6) is -0.944. The van der Waals surface area contributed by atoms with Gasteiger partial charge < -0.3 is 19.3 Å². The van der Waals surface area contributed by atoms with Gasteiger partial charge in [0.2, 0.25) is 0 Å². The minimum atomic E-state index is -4.76. The van der Waals surface area contributed by atoms with E-state index in [4.69, 9.17) is 19.3 Å².